The quantitative estimate of drug-likeness (QED) is 0.338. The first-order chi connectivity index (χ1) is 16.5. The highest BCUT2D eigenvalue weighted by Gasteiger charge is 2.21. The third-order valence-electron chi connectivity index (χ3n) is 5.17. The normalized spacial score (nSPS) is 10.6. The third-order valence-corrected chi connectivity index (χ3v) is 7.10. The van der Waals surface area contributed by atoms with Crippen molar-refractivity contribution < 1.29 is 4.79 Å². The van der Waals surface area contributed by atoms with E-state index in [2.05, 4.69) is 34.3 Å². The topological polar surface area (TPSA) is 128 Å². The molecule has 3 N–H and O–H groups in total. The van der Waals surface area contributed by atoms with Gasteiger partial charge in [0.15, 0.2) is 5.13 Å². The van der Waals surface area contributed by atoms with E-state index in [9.17, 15) is 15.3 Å². The Kier molecular flexibility index (Phi) is 7.07. The molecular formula is C25H20N6OS2. The van der Waals surface area contributed by atoms with Crippen molar-refractivity contribution in [2.75, 3.05) is 16.8 Å². The van der Waals surface area contributed by atoms with Gasteiger partial charge in [0.2, 0.25) is 5.91 Å². The Labute approximate surface area is 205 Å². The number of pyridine rings is 1. The fourth-order valence-electron chi connectivity index (χ4n) is 3.45. The molecule has 0 atom stereocenters. The fourth-order valence-corrected chi connectivity index (χ4v) is 5.26. The Morgan fingerprint density at radius 2 is 1.82 bits per heavy atom. The maximum Gasteiger partial charge on any atom is 0.226 e. The van der Waals surface area contributed by atoms with Crippen molar-refractivity contribution >= 4 is 50.2 Å². The number of nitrogens with zero attached hydrogens (tertiary/aromatic N) is 4. The van der Waals surface area contributed by atoms with E-state index in [1.165, 1.54) is 23.1 Å². The van der Waals surface area contributed by atoms with E-state index < -0.39 is 0 Å². The lowest BCUT2D eigenvalue weighted by atomic mass is 9.96. The molecule has 0 aliphatic heterocycles. The number of benzene rings is 2. The molecule has 0 bridgehead atoms. The number of thiazole rings is 1. The summed E-state index contributed by atoms with van der Waals surface area (Å²) >= 11 is 2.68. The molecule has 9 heteroatoms. The molecule has 0 saturated heterocycles. The zero-order chi connectivity index (χ0) is 24.1. The molecule has 168 valence electrons. The second-order valence-corrected chi connectivity index (χ2v) is 9.45. The molecule has 0 aliphatic rings. The number of nitrogens with one attached hydrogen (secondary N) is 1. The zero-order valence-electron chi connectivity index (χ0n) is 18.3. The molecule has 1 amide bonds. The van der Waals surface area contributed by atoms with E-state index in [0.717, 1.165) is 27.8 Å². The first kappa shape index (κ1) is 23.2. The summed E-state index contributed by atoms with van der Waals surface area (Å²) in [6, 6.07) is 19.7. The van der Waals surface area contributed by atoms with Gasteiger partial charge < -0.3 is 11.1 Å². The van der Waals surface area contributed by atoms with Gasteiger partial charge in [-0.3, -0.25) is 4.79 Å². The maximum absolute atomic E-state index is 12.4. The second-order valence-electron chi connectivity index (χ2n) is 7.33. The molecule has 4 aromatic rings. The number of para-hydroxylation sites is 1. The number of carbonyl (C=O) groups excluding carboxylic acids is 1. The summed E-state index contributed by atoms with van der Waals surface area (Å²) in [6.07, 6.45) is 1.09. The minimum atomic E-state index is -0.179. The summed E-state index contributed by atoms with van der Waals surface area (Å²) in [4.78, 5) is 21.1. The number of amides is 1. The number of nitrogens with two attached hydrogens (primary N) is 1. The number of nitrogen functional groups attached to an aromatic ring is 1. The first-order valence-corrected chi connectivity index (χ1v) is 12.4. The average molecular weight is 485 g/mol. The largest absolute Gasteiger partial charge is 0.383 e. The van der Waals surface area contributed by atoms with Crippen molar-refractivity contribution in [3.8, 4) is 23.3 Å². The molecule has 0 radical (unpaired) electrons. The number of aromatic nitrogens is 2. The Morgan fingerprint density at radius 3 is 2.50 bits per heavy atom. The van der Waals surface area contributed by atoms with Crippen LogP contribution in [0.2, 0.25) is 0 Å². The van der Waals surface area contributed by atoms with E-state index in [1.807, 2.05) is 48.5 Å². The van der Waals surface area contributed by atoms with Crippen LogP contribution in [0.15, 0.2) is 53.6 Å². The monoisotopic (exact) mass is 484 g/mol. The van der Waals surface area contributed by atoms with E-state index in [0.29, 0.717) is 21.5 Å². The van der Waals surface area contributed by atoms with Crippen molar-refractivity contribution in [2.45, 2.75) is 24.8 Å². The number of hydrogen-bond donors (Lipinski definition) is 2. The molecule has 2 heterocycles. The zero-order valence-corrected chi connectivity index (χ0v) is 20.0. The lowest BCUT2D eigenvalue weighted by Crippen LogP contribution is -2.12. The van der Waals surface area contributed by atoms with Crippen molar-refractivity contribution in [1.82, 2.24) is 9.97 Å². The Balaban J connectivity index is 1.52. The molecule has 0 fully saturated rings. The summed E-state index contributed by atoms with van der Waals surface area (Å²) in [7, 11) is 0. The number of aryl methyl sites for hydroxylation is 1. The number of hydrogen-bond acceptors (Lipinski definition) is 8. The van der Waals surface area contributed by atoms with Crippen molar-refractivity contribution in [2.24, 2.45) is 0 Å². The molecule has 0 spiro atoms. The van der Waals surface area contributed by atoms with Crippen LogP contribution in [0, 0.1) is 22.7 Å². The summed E-state index contributed by atoms with van der Waals surface area (Å²) in [6.45, 7) is 2.06. The van der Waals surface area contributed by atoms with Crippen LogP contribution in [0.3, 0.4) is 0 Å². The van der Waals surface area contributed by atoms with Gasteiger partial charge in [-0.05, 0) is 29.7 Å². The predicted molar refractivity (Wildman–Crippen MR) is 136 cm³/mol. The molecule has 7 nitrogen and oxygen atoms in total. The molecule has 2 aromatic heterocycles. The third kappa shape index (κ3) is 4.86. The van der Waals surface area contributed by atoms with Gasteiger partial charge in [0, 0.05) is 17.7 Å². The van der Waals surface area contributed by atoms with Crippen LogP contribution in [0.25, 0.3) is 21.3 Å². The van der Waals surface area contributed by atoms with Gasteiger partial charge in [0.1, 0.15) is 28.5 Å². The van der Waals surface area contributed by atoms with E-state index >= 15 is 0 Å². The lowest BCUT2D eigenvalue weighted by molar-refractivity contribution is -0.115. The fraction of sp³-hybridized carbons (Fsp3) is 0.160. The number of carbonyl (C=O) groups is 1. The molecule has 34 heavy (non-hydrogen) atoms. The van der Waals surface area contributed by atoms with Crippen LogP contribution < -0.4 is 11.1 Å². The van der Waals surface area contributed by atoms with Crippen molar-refractivity contribution in [1.29, 1.82) is 10.5 Å². The lowest BCUT2D eigenvalue weighted by Gasteiger charge is -2.13. The van der Waals surface area contributed by atoms with Crippen molar-refractivity contribution in [3.63, 3.8) is 0 Å². The number of thioether (sulfide) groups is 1. The van der Waals surface area contributed by atoms with Crippen LogP contribution >= 0.6 is 23.1 Å². The van der Waals surface area contributed by atoms with Gasteiger partial charge >= 0.3 is 0 Å². The van der Waals surface area contributed by atoms with E-state index in [1.54, 1.807) is 0 Å². The Bertz CT molecular complexity index is 1410. The van der Waals surface area contributed by atoms with Crippen LogP contribution in [-0.4, -0.2) is 21.6 Å². The number of fused-ring (bicyclic) bond motifs is 1. The highest BCUT2D eigenvalue weighted by molar-refractivity contribution is 7.99. The van der Waals surface area contributed by atoms with Gasteiger partial charge in [-0.1, -0.05) is 54.7 Å². The number of nitriles is 2. The smallest absolute Gasteiger partial charge is 0.226 e. The molecule has 0 aliphatic carbocycles. The number of anilines is 2. The van der Waals surface area contributed by atoms with Gasteiger partial charge in [-0.25, -0.2) is 9.97 Å². The number of rotatable bonds is 7. The van der Waals surface area contributed by atoms with Gasteiger partial charge in [-0.2, -0.15) is 10.5 Å². The summed E-state index contributed by atoms with van der Waals surface area (Å²) in [5.74, 6) is 0.275. The summed E-state index contributed by atoms with van der Waals surface area (Å²) in [5, 5.41) is 23.4. The Morgan fingerprint density at radius 1 is 1.09 bits per heavy atom. The predicted octanol–water partition coefficient (Wildman–Crippen LogP) is 5.37. The molecule has 2 aromatic carbocycles. The summed E-state index contributed by atoms with van der Waals surface area (Å²) < 4.78 is 1.00. The minimum Gasteiger partial charge on any atom is -0.383 e. The van der Waals surface area contributed by atoms with Crippen molar-refractivity contribution in [3.05, 3.63) is 65.2 Å². The highest BCUT2D eigenvalue weighted by Crippen LogP contribution is 2.36. The molecule has 0 unspecified atom stereocenters. The average Bonchev–Trinajstić information content (AvgIpc) is 3.26. The van der Waals surface area contributed by atoms with Gasteiger partial charge in [0.25, 0.3) is 0 Å². The minimum absolute atomic E-state index is 0.0671. The van der Waals surface area contributed by atoms with E-state index in [4.69, 9.17) is 5.73 Å². The summed E-state index contributed by atoms with van der Waals surface area (Å²) in [5.41, 5.74) is 9.74. The van der Waals surface area contributed by atoms with Gasteiger partial charge in [-0.15, -0.1) is 11.8 Å². The van der Waals surface area contributed by atoms with Crippen LogP contribution in [0.1, 0.15) is 30.0 Å². The molecular weight excluding hydrogens is 464 g/mol. The van der Waals surface area contributed by atoms with Crippen LogP contribution in [0.5, 0.6) is 0 Å². The maximum atomic E-state index is 12.4. The van der Waals surface area contributed by atoms with Crippen LogP contribution in [0.4, 0.5) is 10.9 Å². The van der Waals surface area contributed by atoms with Crippen LogP contribution in [-0.2, 0) is 11.2 Å². The Hall–Kier alpha value is -3.92. The molecule has 4 rings (SSSR count). The highest BCUT2D eigenvalue weighted by atomic mass is 32.2. The van der Waals surface area contributed by atoms with E-state index in [-0.39, 0.29) is 29.3 Å². The van der Waals surface area contributed by atoms with Gasteiger partial charge in [0.05, 0.1) is 15.8 Å². The second kappa shape index (κ2) is 10.3. The SMILES string of the molecule is CCc1ccc(-c2c(C#N)c(N)nc(SCCC(=O)Nc3nc4ccccc4s3)c2C#N)cc1. The molecule has 0 saturated carbocycles. The standard InChI is InChI=1S/C25H20N6OS2/c1-2-15-7-9-16(10-8-15)22-17(13-26)23(28)31-24(18(22)14-27)33-12-11-21(32)30-25-29-19-5-3-4-6-20(19)34-25/h3-10H,2,11-12H2,1H3,(H2,28,31)(H,29,30,32). The first-order valence-electron chi connectivity index (χ1n) is 10.5.